The van der Waals surface area contributed by atoms with Gasteiger partial charge in [-0.25, -0.2) is 4.98 Å². The summed E-state index contributed by atoms with van der Waals surface area (Å²) >= 11 is 7.21. The molecule has 0 saturated carbocycles. The Morgan fingerprint density at radius 3 is 2.83 bits per heavy atom. The number of carbonyl (C=O) groups is 1. The predicted octanol–water partition coefficient (Wildman–Crippen LogP) is 1.81. The van der Waals surface area contributed by atoms with E-state index in [1.165, 1.54) is 11.3 Å². The maximum Gasteiger partial charge on any atom is 0.229 e. The van der Waals surface area contributed by atoms with E-state index in [2.05, 4.69) is 4.98 Å². The van der Waals surface area contributed by atoms with E-state index in [1.54, 1.807) is 0 Å². The zero-order valence-electron chi connectivity index (χ0n) is 9.97. The highest BCUT2D eigenvalue weighted by molar-refractivity contribution is 7.09. The van der Waals surface area contributed by atoms with Crippen LogP contribution in [0.1, 0.15) is 23.5 Å². The average molecular weight is 287 g/mol. The highest BCUT2D eigenvalue weighted by atomic mass is 35.5. The Bertz CT molecular complexity index is 439. The second-order valence-corrected chi connectivity index (χ2v) is 6.01. The minimum absolute atomic E-state index is 0.158. The van der Waals surface area contributed by atoms with E-state index in [9.17, 15) is 4.79 Å². The van der Waals surface area contributed by atoms with Crippen LogP contribution in [0.25, 0.3) is 0 Å². The molecule has 2 fully saturated rings. The minimum atomic E-state index is 0.158. The number of thiazole rings is 1. The molecule has 98 valence electrons. The van der Waals surface area contributed by atoms with Gasteiger partial charge in [-0.3, -0.25) is 4.79 Å². The van der Waals surface area contributed by atoms with Gasteiger partial charge in [-0.1, -0.05) is 0 Å². The number of fused-ring (bicyclic) bond motifs is 2. The number of morpholine rings is 1. The zero-order valence-corrected chi connectivity index (χ0v) is 11.5. The molecule has 1 aromatic rings. The Morgan fingerprint density at radius 1 is 1.50 bits per heavy atom. The van der Waals surface area contributed by atoms with Crippen molar-refractivity contribution in [3.63, 3.8) is 0 Å². The molecule has 0 radical (unpaired) electrons. The van der Waals surface area contributed by atoms with Gasteiger partial charge in [0.15, 0.2) is 0 Å². The predicted molar refractivity (Wildman–Crippen MR) is 69.9 cm³/mol. The summed E-state index contributed by atoms with van der Waals surface area (Å²) in [5, 5.41) is 2.77. The van der Waals surface area contributed by atoms with E-state index in [0.717, 1.165) is 36.6 Å². The van der Waals surface area contributed by atoms with Crippen LogP contribution in [0.2, 0.25) is 0 Å². The summed E-state index contributed by atoms with van der Waals surface area (Å²) in [6.07, 6.45) is 3.07. The van der Waals surface area contributed by atoms with E-state index < -0.39 is 0 Å². The summed E-state index contributed by atoms with van der Waals surface area (Å²) in [4.78, 5) is 18.4. The van der Waals surface area contributed by atoms with E-state index in [4.69, 9.17) is 16.3 Å². The van der Waals surface area contributed by atoms with Gasteiger partial charge < -0.3 is 9.64 Å². The van der Waals surface area contributed by atoms with Crippen molar-refractivity contribution in [1.29, 1.82) is 0 Å². The lowest BCUT2D eigenvalue weighted by Gasteiger charge is -2.32. The van der Waals surface area contributed by atoms with Crippen molar-refractivity contribution < 1.29 is 9.53 Å². The molecule has 2 bridgehead atoms. The third-order valence-corrected chi connectivity index (χ3v) is 4.61. The van der Waals surface area contributed by atoms with Crippen LogP contribution in [-0.2, 0) is 21.8 Å². The molecule has 2 saturated heterocycles. The number of hydrogen-bond acceptors (Lipinski definition) is 4. The molecule has 2 aliphatic heterocycles. The third kappa shape index (κ3) is 2.53. The van der Waals surface area contributed by atoms with Crippen molar-refractivity contribution in [2.75, 3.05) is 13.1 Å². The number of amides is 1. The molecule has 0 spiro atoms. The fourth-order valence-electron chi connectivity index (χ4n) is 2.55. The van der Waals surface area contributed by atoms with Crippen LogP contribution in [0.15, 0.2) is 5.38 Å². The van der Waals surface area contributed by atoms with Gasteiger partial charge >= 0.3 is 0 Å². The minimum Gasteiger partial charge on any atom is -0.371 e. The number of likely N-dealkylation sites (tertiary alicyclic amines) is 1. The van der Waals surface area contributed by atoms with Gasteiger partial charge in [0.1, 0.15) is 5.01 Å². The fourth-order valence-corrected chi connectivity index (χ4v) is 3.56. The molecule has 4 nitrogen and oxygen atoms in total. The second kappa shape index (κ2) is 5.15. The van der Waals surface area contributed by atoms with E-state index >= 15 is 0 Å². The highest BCUT2D eigenvalue weighted by Gasteiger charge is 2.35. The number of alkyl halides is 1. The van der Waals surface area contributed by atoms with Crippen molar-refractivity contribution in [1.82, 2.24) is 9.88 Å². The first-order valence-corrected chi connectivity index (χ1v) is 7.58. The molecule has 1 amide bonds. The van der Waals surface area contributed by atoms with Crippen molar-refractivity contribution in [2.24, 2.45) is 0 Å². The molecule has 1 aromatic heterocycles. The second-order valence-electron chi connectivity index (χ2n) is 4.80. The van der Waals surface area contributed by atoms with Crippen LogP contribution in [-0.4, -0.2) is 41.1 Å². The van der Waals surface area contributed by atoms with Crippen molar-refractivity contribution >= 4 is 28.8 Å². The number of aromatic nitrogens is 1. The summed E-state index contributed by atoms with van der Waals surface area (Å²) in [6.45, 7) is 1.48. The molecule has 18 heavy (non-hydrogen) atoms. The highest BCUT2D eigenvalue weighted by Crippen LogP contribution is 2.26. The molecule has 2 aliphatic rings. The third-order valence-electron chi connectivity index (χ3n) is 3.43. The standard InChI is InChI=1S/C12H15ClN2O2S/c13-4-8-7-18-11(14-8)3-12(16)15-5-9-1-2-10(6-15)17-9/h7,9-10H,1-6H2. The van der Waals surface area contributed by atoms with Gasteiger partial charge in [0, 0.05) is 18.5 Å². The maximum absolute atomic E-state index is 12.2. The molecule has 2 unspecified atom stereocenters. The van der Waals surface area contributed by atoms with Crippen LogP contribution in [0.5, 0.6) is 0 Å². The van der Waals surface area contributed by atoms with Gasteiger partial charge in [-0.2, -0.15) is 0 Å². The van der Waals surface area contributed by atoms with Crippen LogP contribution in [0.3, 0.4) is 0 Å². The molecule has 0 aromatic carbocycles. The molecule has 6 heteroatoms. The fraction of sp³-hybridized carbons (Fsp3) is 0.667. The Labute approximate surface area is 115 Å². The van der Waals surface area contributed by atoms with Gasteiger partial charge in [0.2, 0.25) is 5.91 Å². The lowest BCUT2D eigenvalue weighted by molar-refractivity contribution is -0.139. The number of hydrogen-bond donors (Lipinski definition) is 0. The number of ether oxygens (including phenoxy) is 1. The van der Waals surface area contributed by atoms with Gasteiger partial charge in [-0.05, 0) is 12.8 Å². The first-order valence-electron chi connectivity index (χ1n) is 6.17. The molecular weight excluding hydrogens is 272 g/mol. The van der Waals surface area contributed by atoms with Gasteiger partial charge in [-0.15, -0.1) is 22.9 Å². The molecule has 0 N–H and O–H groups in total. The molecule has 0 aliphatic carbocycles. The summed E-state index contributed by atoms with van der Waals surface area (Å²) in [5.41, 5.74) is 0.853. The Morgan fingerprint density at radius 2 is 2.22 bits per heavy atom. The van der Waals surface area contributed by atoms with Crippen molar-refractivity contribution in [3.8, 4) is 0 Å². The monoisotopic (exact) mass is 286 g/mol. The van der Waals surface area contributed by atoms with Crippen molar-refractivity contribution in [3.05, 3.63) is 16.1 Å². The Balaban J connectivity index is 1.61. The molecule has 3 rings (SSSR count). The SMILES string of the molecule is O=C(Cc1nc(CCl)cs1)N1CC2CCC(C1)O2. The summed E-state index contributed by atoms with van der Waals surface area (Å²) in [6, 6.07) is 0. The Hall–Kier alpha value is -0.650. The first-order chi connectivity index (χ1) is 8.74. The van der Waals surface area contributed by atoms with E-state index in [1.807, 2.05) is 10.3 Å². The topological polar surface area (TPSA) is 42.4 Å². The molecule has 2 atom stereocenters. The number of rotatable bonds is 3. The molecule has 3 heterocycles. The normalized spacial score (nSPS) is 26.6. The average Bonchev–Trinajstić information content (AvgIpc) is 2.96. The van der Waals surface area contributed by atoms with Crippen molar-refractivity contribution in [2.45, 2.75) is 37.4 Å². The largest absolute Gasteiger partial charge is 0.371 e. The number of nitrogens with zero attached hydrogens (tertiary/aromatic N) is 2. The molecular formula is C12H15ClN2O2S. The van der Waals surface area contributed by atoms with Crippen LogP contribution in [0.4, 0.5) is 0 Å². The van der Waals surface area contributed by atoms with E-state index in [0.29, 0.717) is 12.3 Å². The van der Waals surface area contributed by atoms with Crippen LogP contribution < -0.4 is 0 Å². The lowest BCUT2D eigenvalue weighted by atomic mass is 10.2. The quantitative estimate of drug-likeness (QED) is 0.796. The summed E-state index contributed by atoms with van der Waals surface area (Å²) < 4.78 is 5.73. The first kappa shape index (κ1) is 12.4. The number of halogens is 1. The van der Waals surface area contributed by atoms with Gasteiger partial charge in [0.05, 0.1) is 30.2 Å². The van der Waals surface area contributed by atoms with E-state index in [-0.39, 0.29) is 18.1 Å². The zero-order chi connectivity index (χ0) is 12.5. The maximum atomic E-state index is 12.2. The summed E-state index contributed by atoms with van der Waals surface area (Å²) in [5.74, 6) is 0.567. The smallest absolute Gasteiger partial charge is 0.229 e. The Kier molecular flexibility index (Phi) is 3.54. The summed E-state index contributed by atoms with van der Waals surface area (Å²) in [7, 11) is 0. The van der Waals surface area contributed by atoms with Crippen LogP contribution in [0, 0.1) is 0 Å². The van der Waals surface area contributed by atoms with Crippen LogP contribution >= 0.6 is 22.9 Å². The number of carbonyl (C=O) groups excluding carboxylic acids is 1. The lowest BCUT2D eigenvalue weighted by Crippen LogP contribution is -2.46. The van der Waals surface area contributed by atoms with Gasteiger partial charge in [0.25, 0.3) is 0 Å².